The minimum Gasteiger partial charge on any atom is -0.478 e. The molecule has 1 aromatic heterocycles. The summed E-state index contributed by atoms with van der Waals surface area (Å²) in [7, 11) is 3.08. The van der Waals surface area contributed by atoms with E-state index in [0.717, 1.165) is 0 Å². The molecule has 0 unspecified atom stereocenters. The summed E-state index contributed by atoms with van der Waals surface area (Å²) in [5.74, 6) is 0.857. The molecule has 2 rings (SSSR count). The number of ether oxygens (including phenoxy) is 2. The second-order valence-electron chi connectivity index (χ2n) is 3.74. The van der Waals surface area contributed by atoms with Gasteiger partial charge in [0, 0.05) is 13.1 Å². The van der Waals surface area contributed by atoms with Crippen molar-refractivity contribution in [2.45, 2.75) is 12.8 Å². The summed E-state index contributed by atoms with van der Waals surface area (Å²) in [6, 6.07) is 1.61. The van der Waals surface area contributed by atoms with Gasteiger partial charge in [0.05, 0.1) is 13.7 Å². The van der Waals surface area contributed by atoms with Crippen LogP contribution in [-0.2, 0) is 11.8 Å². The van der Waals surface area contributed by atoms with E-state index in [-0.39, 0.29) is 5.69 Å². The van der Waals surface area contributed by atoms with Crippen molar-refractivity contribution in [3.63, 3.8) is 0 Å². The van der Waals surface area contributed by atoms with Crippen molar-refractivity contribution in [2.24, 2.45) is 13.0 Å². The molecule has 0 spiro atoms. The fourth-order valence-electron chi connectivity index (χ4n) is 1.28. The second-order valence-corrected chi connectivity index (χ2v) is 3.74. The third kappa shape index (κ3) is 2.29. The van der Waals surface area contributed by atoms with Crippen LogP contribution in [0.1, 0.15) is 23.3 Å². The minimum absolute atomic E-state index is 0.283. The van der Waals surface area contributed by atoms with Crippen LogP contribution in [0.4, 0.5) is 0 Å². The van der Waals surface area contributed by atoms with Gasteiger partial charge in [-0.1, -0.05) is 0 Å². The molecule has 0 aromatic carbocycles. The van der Waals surface area contributed by atoms with E-state index < -0.39 is 5.97 Å². The van der Waals surface area contributed by atoms with Gasteiger partial charge in [-0.25, -0.2) is 9.48 Å². The van der Waals surface area contributed by atoms with Gasteiger partial charge < -0.3 is 9.47 Å². The summed E-state index contributed by atoms with van der Waals surface area (Å²) < 4.78 is 11.7. The number of esters is 1. The monoisotopic (exact) mass is 210 g/mol. The molecule has 1 aromatic rings. The molecule has 0 bridgehead atoms. The Bertz CT molecular complexity index is 369. The summed E-state index contributed by atoms with van der Waals surface area (Å²) in [6.07, 6.45) is 2.48. The molecule has 1 aliphatic rings. The topological polar surface area (TPSA) is 53.4 Å². The highest BCUT2D eigenvalue weighted by atomic mass is 16.5. The number of hydrogen-bond acceptors (Lipinski definition) is 4. The molecule has 1 saturated carbocycles. The van der Waals surface area contributed by atoms with Gasteiger partial charge in [0.15, 0.2) is 5.69 Å². The van der Waals surface area contributed by atoms with Crippen molar-refractivity contribution < 1.29 is 14.3 Å². The van der Waals surface area contributed by atoms with E-state index in [4.69, 9.17) is 4.74 Å². The Kier molecular flexibility index (Phi) is 2.62. The molecule has 15 heavy (non-hydrogen) atoms. The average Bonchev–Trinajstić information content (AvgIpc) is 2.99. The SMILES string of the molecule is COC(=O)c1cc(OCC2CC2)n(C)n1. The fourth-order valence-corrected chi connectivity index (χ4v) is 1.28. The maximum absolute atomic E-state index is 11.2. The maximum Gasteiger partial charge on any atom is 0.358 e. The van der Waals surface area contributed by atoms with Crippen molar-refractivity contribution >= 4 is 5.97 Å². The minimum atomic E-state index is -0.438. The van der Waals surface area contributed by atoms with E-state index in [1.54, 1.807) is 17.8 Å². The smallest absolute Gasteiger partial charge is 0.358 e. The van der Waals surface area contributed by atoms with Crippen LogP contribution in [-0.4, -0.2) is 29.5 Å². The first kappa shape index (κ1) is 10.0. The van der Waals surface area contributed by atoms with Crippen molar-refractivity contribution in [1.82, 2.24) is 9.78 Å². The van der Waals surface area contributed by atoms with E-state index in [2.05, 4.69) is 9.84 Å². The predicted octanol–water partition coefficient (Wildman–Crippen LogP) is 0.996. The number of carbonyl (C=O) groups is 1. The molecule has 1 heterocycles. The molecule has 1 aliphatic carbocycles. The van der Waals surface area contributed by atoms with Crippen LogP contribution in [0, 0.1) is 5.92 Å². The second kappa shape index (κ2) is 3.92. The van der Waals surface area contributed by atoms with Crippen LogP contribution in [0.25, 0.3) is 0 Å². The van der Waals surface area contributed by atoms with Gasteiger partial charge in [-0.2, -0.15) is 5.10 Å². The van der Waals surface area contributed by atoms with E-state index in [0.29, 0.717) is 18.4 Å². The molecule has 0 atom stereocenters. The molecule has 0 N–H and O–H groups in total. The number of hydrogen-bond donors (Lipinski definition) is 0. The van der Waals surface area contributed by atoms with Crippen molar-refractivity contribution in [1.29, 1.82) is 0 Å². The van der Waals surface area contributed by atoms with Gasteiger partial charge in [-0.3, -0.25) is 0 Å². The molecule has 5 nitrogen and oxygen atoms in total. The third-order valence-electron chi connectivity index (χ3n) is 2.40. The summed E-state index contributed by atoms with van der Waals surface area (Å²) >= 11 is 0. The molecular formula is C10H14N2O3. The Hall–Kier alpha value is -1.52. The van der Waals surface area contributed by atoms with E-state index in [1.807, 2.05) is 0 Å². The van der Waals surface area contributed by atoms with Crippen LogP contribution < -0.4 is 4.74 Å². The van der Waals surface area contributed by atoms with Gasteiger partial charge in [0.25, 0.3) is 0 Å². The Labute approximate surface area is 88.0 Å². The zero-order chi connectivity index (χ0) is 10.8. The quantitative estimate of drug-likeness (QED) is 0.695. The lowest BCUT2D eigenvalue weighted by Gasteiger charge is -2.03. The van der Waals surface area contributed by atoms with Gasteiger partial charge >= 0.3 is 5.97 Å². The zero-order valence-electron chi connectivity index (χ0n) is 8.90. The highest BCUT2D eigenvalue weighted by Crippen LogP contribution is 2.29. The molecule has 0 saturated heterocycles. The van der Waals surface area contributed by atoms with Crippen LogP contribution in [0.3, 0.4) is 0 Å². The van der Waals surface area contributed by atoms with Gasteiger partial charge in [-0.05, 0) is 18.8 Å². The highest BCUT2D eigenvalue weighted by molar-refractivity contribution is 5.87. The summed E-state index contributed by atoms with van der Waals surface area (Å²) in [5, 5.41) is 4.00. The lowest BCUT2D eigenvalue weighted by Crippen LogP contribution is -2.04. The Morgan fingerprint density at radius 3 is 3.00 bits per heavy atom. The molecule has 0 amide bonds. The lowest BCUT2D eigenvalue weighted by molar-refractivity contribution is 0.0593. The zero-order valence-corrected chi connectivity index (χ0v) is 8.90. The molecule has 0 aliphatic heterocycles. The molecular weight excluding hydrogens is 196 g/mol. The van der Waals surface area contributed by atoms with Crippen LogP contribution in [0.15, 0.2) is 6.07 Å². The Morgan fingerprint density at radius 2 is 2.40 bits per heavy atom. The number of aromatic nitrogens is 2. The largest absolute Gasteiger partial charge is 0.478 e. The number of rotatable bonds is 4. The standard InChI is InChI=1S/C10H14N2O3/c1-12-9(15-6-7-3-4-7)5-8(11-12)10(13)14-2/h5,7H,3-4,6H2,1-2H3. The van der Waals surface area contributed by atoms with Crippen molar-refractivity contribution in [3.8, 4) is 5.88 Å². The number of methoxy groups -OCH3 is 1. The average molecular weight is 210 g/mol. The first-order valence-electron chi connectivity index (χ1n) is 4.96. The molecule has 5 heteroatoms. The fraction of sp³-hybridized carbons (Fsp3) is 0.600. The highest BCUT2D eigenvalue weighted by Gasteiger charge is 2.23. The van der Waals surface area contributed by atoms with Crippen LogP contribution >= 0.6 is 0 Å². The van der Waals surface area contributed by atoms with Crippen LogP contribution in [0.5, 0.6) is 5.88 Å². The van der Waals surface area contributed by atoms with Crippen molar-refractivity contribution in [2.75, 3.05) is 13.7 Å². The van der Waals surface area contributed by atoms with Crippen molar-refractivity contribution in [3.05, 3.63) is 11.8 Å². The Balaban J connectivity index is 2.02. The third-order valence-corrected chi connectivity index (χ3v) is 2.40. The molecule has 0 radical (unpaired) electrons. The molecule has 1 fully saturated rings. The first-order chi connectivity index (χ1) is 7.20. The summed E-state index contributed by atoms with van der Waals surface area (Å²) in [4.78, 5) is 11.2. The predicted molar refractivity (Wildman–Crippen MR) is 52.8 cm³/mol. The van der Waals surface area contributed by atoms with Gasteiger partial charge in [0.2, 0.25) is 5.88 Å². The van der Waals surface area contributed by atoms with E-state index >= 15 is 0 Å². The lowest BCUT2D eigenvalue weighted by atomic mass is 10.4. The molecule has 82 valence electrons. The first-order valence-corrected chi connectivity index (χ1v) is 4.96. The van der Waals surface area contributed by atoms with Gasteiger partial charge in [-0.15, -0.1) is 0 Å². The number of carbonyl (C=O) groups excluding carboxylic acids is 1. The number of aryl methyl sites for hydroxylation is 1. The number of nitrogens with zero attached hydrogens (tertiary/aromatic N) is 2. The van der Waals surface area contributed by atoms with Crippen LogP contribution in [0.2, 0.25) is 0 Å². The summed E-state index contributed by atoms with van der Waals surface area (Å²) in [5.41, 5.74) is 0.283. The van der Waals surface area contributed by atoms with E-state index in [9.17, 15) is 4.79 Å². The van der Waals surface area contributed by atoms with Gasteiger partial charge in [0.1, 0.15) is 0 Å². The Morgan fingerprint density at radius 1 is 1.67 bits per heavy atom. The normalized spacial score (nSPS) is 15.1. The summed E-state index contributed by atoms with van der Waals surface area (Å²) in [6.45, 7) is 0.708. The maximum atomic E-state index is 11.2. The van der Waals surface area contributed by atoms with E-state index in [1.165, 1.54) is 20.0 Å².